The van der Waals surface area contributed by atoms with Crippen molar-refractivity contribution in [3.05, 3.63) is 29.3 Å². The maximum atomic E-state index is 2.51. The van der Waals surface area contributed by atoms with E-state index >= 15 is 0 Å². The number of hydrogen-bond donors (Lipinski definition) is 0. The summed E-state index contributed by atoms with van der Waals surface area (Å²) in [7, 11) is 0. The van der Waals surface area contributed by atoms with Gasteiger partial charge in [0, 0.05) is 30.3 Å². The van der Waals surface area contributed by atoms with Crippen molar-refractivity contribution in [3.63, 3.8) is 0 Å². The van der Waals surface area contributed by atoms with E-state index in [1.807, 2.05) is 0 Å². The van der Waals surface area contributed by atoms with Gasteiger partial charge in [0.25, 0.3) is 0 Å². The van der Waals surface area contributed by atoms with Crippen molar-refractivity contribution in [2.24, 2.45) is 0 Å². The number of aryl methyl sites for hydroxylation is 1. The highest BCUT2D eigenvalue weighted by Crippen LogP contribution is 2.25. The number of thioether (sulfide) groups is 1. The zero-order valence-electron chi connectivity index (χ0n) is 10.5. The van der Waals surface area contributed by atoms with Gasteiger partial charge in [0.15, 0.2) is 0 Å². The molecule has 2 heteroatoms. The van der Waals surface area contributed by atoms with E-state index in [0.717, 1.165) is 0 Å². The maximum absolute atomic E-state index is 2.51. The molecule has 1 aliphatic rings. The predicted molar refractivity (Wildman–Crippen MR) is 74.8 cm³/mol. The lowest BCUT2D eigenvalue weighted by Crippen LogP contribution is -2.32. The molecule has 1 aromatic rings. The van der Waals surface area contributed by atoms with Crippen LogP contribution in [-0.2, 0) is 0 Å². The number of nitrogens with zero attached hydrogens (tertiary/aromatic N) is 1. The van der Waals surface area contributed by atoms with Crippen LogP contribution in [0, 0.1) is 6.92 Å². The van der Waals surface area contributed by atoms with Crippen LogP contribution >= 0.6 is 11.8 Å². The smallest absolute Gasteiger partial charge is 0.0369 e. The fraction of sp³-hybridized carbons (Fsp3) is 0.571. The summed E-state index contributed by atoms with van der Waals surface area (Å²) in [6, 6.07) is 6.95. The number of rotatable bonds is 2. The first-order valence-electron chi connectivity index (χ1n) is 6.11. The van der Waals surface area contributed by atoms with Crippen molar-refractivity contribution < 1.29 is 0 Å². The first-order chi connectivity index (χ1) is 7.68. The van der Waals surface area contributed by atoms with Crippen LogP contribution in [-0.4, -0.2) is 24.6 Å². The van der Waals surface area contributed by atoms with Crippen molar-refractivity contribution in [1.29, 1.82) is 0 Å². The number of benzene rings is 1. The van der Waals surface area contributed by atoms with Gasteiger partial charge >= 0.3 is 0 Å². The van der Waals surface area contributed by atoms with E-state index in [2.05, 4.69) is 55.6 Å². The molecule has 2 rings (SSSR count). The molecule has 0 spiro atoms. The molecule has 16 heavy (non-hydrogen) atoms. The molecule has 0 bridgehead atoms. The Bertz CT molecular complexity index is 354. The standard InChI is InChI=1S/C14H21NS/c1-11(2)14-5-4-13(10-12(14)3)15-6-8-16-9-7-15/h4-5,10-11H,6-9H2,1-3H3. The van der Waals surface area contributed by atoms with Crippen LogP contribution in [0.25, 0.3) is 0 Å². The zero-order valence-corrected chi connectivity index (χ0v) is 11.3. The molecule has 0 unspecified atom stereocenters. The molecule has 1 nitrogen and oxygen atoms in total. The van der Waals surface area contributed by atoms with E-state index in [0.29, 0.717) is 5.92 Å². The number of hydrogen-bond acceptors (Lipinski definition) is 2. The Morgan fingerprint density at radius 3 is 2.44 bits per heavy atom. The van der Waals surface area contributed by atoms with Gasteiger partial charge in [0.2, 0.25) is 0 Å². The Balaban J connectivity index is 2.19. The van der Waals surface area contributed by atoms with E-state index in [4.69, 9.17) is 0 Å². The van der Waals surface area contributed by atoms with Gasteiger partial charge in [-0.1, -0.05) is 19.9 Å². The molecule has 1 aliphatic heterocycles. The van der Waals surface area contributed by atoms with Crippen molar-refractivity contribution in [2.75, 3.05) is 29.5 Å². The van der Waals surface area contributed by atoms with E-state index in [-0.39, 0.29) is 0 Å². The van der Waals surface area contributed by atoms with Gasteiger partial charge < -0.3 is 4.90 Å². The van der Waals surface area contributed by atoms with Crippen LogP contribution in [0.3, 0.4) is 0 Å². The van der Waals surface area contributed by atoms with E-state index < -0.39 is 0 Å². The SMILES string of the molecule is Cc1cc(N2CCSCC2)ccc1C(C)C. The number of anilines is 1. The Kier molecular flexibility index (Phi) is 3.80. The maximum Gasteiger partial charge on any atom is 0.0369 e. The Hall–Kier alpha value is -0.630. The van der Waals surface area contributed by atoms with Crippen LogP contribution in [0.15, 0.2) is 18.2 Å². The fourth-order valence-electron chi connectivity index (χ4n) is 2.33. The largest absolute Gasteiger partial charge is 0.370 e. The molecule has 0 atom stereocenters. The average molecular weight is 235 g/mol. The van der Waals surface area contributed by atoms with Gasteiger partial charge in [-0.2, -0.15) is 11.8 Å². The minimum atomic E-state index is 0.631. The van der Waals surface area contributed by atoms with Crippen LogP contribution < -0.4 is 4.90 Å². The Morgan fingerprint density at radius 1 is 1.19 bits per heavy atom. The molecule has 0 saturated carbocycles. The highest BCUT2D eigenvalue weighted by molar-refractivity contribution is 7.99. The monoisotopic (exact) mass is 235 g/mol. The summed E-state index contributed by atoms with van der Waals surface area (Å²) in [5.41, 5.74) is 4.32. The lowest BCUT2D eigenvalue weighted by atomic mass is 9.97. The first kappa shape index (κ1) is 11.8. The fourth-order valence-corrected chi connectivity index (χ4v) is 3.23. The normalized spacial score (nSPS) is 16.9. The van der Waals surface area contributed by atoms with Gasteiger partial charge in [-0.05, 0) is 36.1 Å². The molecule has 0 amide bonds. The summed E-state index contributed by atoms with van der Waals surface area (Å²) in [5, 5.41) is 0. The molecule has 1 aromatic carbocycles. The third-order valence-electron chi connectivity index (χ3n) is 3.25. The third kappa shape index (κ3) is 2.54. The molecular weight excluding hydrogens is 214 g/mol. The summed E-state index contributed by atoms with van der Waals surface area (Å²) >= 11 is 2.06. The van der Waals surface area contributed by atoms with E-state index in [9.17, 15) is 0 Å². The van der Waals surface area contributed by atoms with Gasteiger partial charge in [-0.3, -0.25) is 0 Å². The molecule has 0 aromatic heterocycles. The predicted octanol–water partition coefficient (Wildman–Crippen LogP) is 3.67. The molecule has 0 radical (unpaired) electrons. The summed E-state index contributed by atoms with van der Waals surface area (Å²) in [6.45, 7) is 9.16. The molecule has 1 fully saturated rings. The minimum Gasteiger partial charge on any atom is -0.370 e. The van der Waals surface area contributed by atoms with Crippen molar-refractivity contribution >= 4 is 17.4 Å². The molecule has 88 valence electrons. The lowest BCUT2D eigenvalue weighted by Gasteiger charge is -2.29. The van der Waals surface area contributed by atoms with Gasteiger partial charge in [-0.25, -0.2) is 0 Å². The summed E-state index contributed by atoms with van der Waals surface area (Å²) < 4.78 is 0. The van der Waals surface area contributed by atoms with Crippen LogP contribution in [0.5, 0.6) is 0 Å². The highest BCUT2D eigenvalue weighted by atomic mass is 32.2. The van der Waals surface area contributed by atoms with Crippen molar-refractivity contribution in [3.8, 4) is 0 Å². The van der Waals surface area contributed by atoms with E-state index in [1.54, 1.807) is 0 Å². The lowest BCUT2D eigenvalue weighted by molar-refractivity contribution is 0.841. The van der Waals surface area contributed by atoms with Gasteiger partial charge in [0.1, 0.15) is 0 Å². The summed E-state index contributed by atoms with van der Waals surface area (Å²) in [5.74, 6) is 3.17. The molecule has 0 N–H and O–H groups in total. The third-order valence-corrected chi connectivity index (χ3v) is 4.19. The van der Waals surface area contributed by atoms with Gasteiger partial charge in [0.05, 0.1) is 0 Å². The topological polar surface area (TPSA) is 3.24 Å². The Morgan fingerprint density at radius 2 is 1.88 bits per heavy atom. The van der Waals surface area contributed by atoms with Gasteiger partial charge in [-0.15, -0.1) is 0 Å². The average Bonchev–Trinajstić information content (AvgIpc) is 2.29. The van der Waals surface area contributed by atoms with Crippen LogP contribution in [0.1, 0.15) is 30.9 Å². The second-order valence-electron chi connectivity index (χ2n) is 4.80. The van der Waals surface area contributed by atoms with Crippen LogP contribution in [0.2, 0.25) is 0 Å². The zero-order chi connectivity index (χ0) is 11.5. The second kappa shape index (κ2) is 5.13. The molecular formula is C14H21NS. The first-order valence-corrected chi connectivity index (χ1v) is 7.27. The summed E-state index contributed by atoms with van der Waals surface area (Å²) in [6.07, 6.45) is 0. The molecule has 1 saturated heterocycles. The Labute approximate surface area is 103 Å². The molecule has 0 aliphatic carbocycles. The second-order valence-corrected chi connectivity index (χ2v) is 6.02. The minimum absolute atomic E-state index is 0.631. The quantitative estimate of drug-likeness (QED) is 0.769. The van der Waals surface area contributed by atoms with Crippen molar-refractivity contribution in [2.45, 2.75) is 26.7 Å². The summed E-state index contributed by atoms with van der Waals surface area (Å²) in [4.78, 5) is 2.51. The molecule has 1 heterocycles. The van der Waals surface area contributed by atoms with Crippen LogP contribution in [0.4, 0.5) is 5.69 Å². The van der Waals surface area contributed by atoms with Crippen molar-refractivity contribution in [1.82, 2.24) is 0 Å². The van der Waals surface area contributed by atoms with E-state index in [1.165, 1.54) is 41.4 Å². The highest BCUT2D eigenvalue weighted by Gasteiger charge is 2.12.